The summed E-state index contributed by atoms with van der Waals surface area (Å²) in [5.41, 5.74) is 0.420. The highest BCUT2D eigenvalue weighted by atomic mass is 35.5. The third-order valence-electron chi connectivity index (χ3n) is 4.87. The van der Waals surface area contributed by atoms with Crippen molar-refractivity contribution >= 4 is 44.6 Å². The van der Waals surface area contributed by atoms with Crippen LogP contribution in [-0.2, 0) is 14.6 Å². The predicted octanol–water partition coefficient (Wildman–Crippen LogP) is 4.73. The van der Waals surface area contributed by atoms with Crippen LogP contribution in [-0.4, -0.2) is 26.2 Å². The number of sulfone groups is 1. The fourth-order valence-corrected chi connectivity index (χ4v) is 5.84. The van der Waals surface area contributed by atoms with Gasteiger partial charge in [-0.3, -0.25) is 4.79 Å². The van der Waals surface area contributed by atoms with Crippen molar-refractivity contribution in [3.63, 3.8) is 0 Å². The summed E-state index contributed by atoms with van der Waals surface area (Å²) >= 11 is 12.0. The lowest BCUT2D eigenvalue weighted by molar-refractivity contribution is -0.118. The molecule has 0 unspecified atom stereocenters. The molecule has 1 aliphatic rings. The van der Waals surface area contributed by atoms with E-state index in [4.69, 9.17) is 27.9 Å². The molecule has 2 aromatic carbocycles. The van der Waals surface area contributed by atoms with Crippen LogP contribution in [0.25, 0.3) is 0 Å². The SMILES string of the molecule is COc1ccc(NC(=O)C2(S(=O)(=O)c3ccc(Cl)cc3)CCCC2)cc1Cl. The highest BCUT2D eigenvalue weighted by Crippen LogP contribution is 2.42. The van der Waals surface area contributed by atoms with Gasteiger partial charge in [0.2, 0.25) is 5.91 Å². The average molecular weight is 428 g/mol. The molecule has 2 aromatic rings. The molecule has 1 amide bonds. The number of halogens is 2. The van der Waals surface area contributed by atoms with E-state index >= 15 is 0 Å². The van der Waals surface area contributed by atoms with Crippen molar-refractivity contribution in [1.29, 1.82) is 0 Å². The maximum atomic E-state index is 13.3. The van der Waals surface area contributed by atoms with Gasteiger partial charge in [0.05, 0.1) is 17.0 Å². The van der Waals surface area contributed by atoms with Gasteiger partial charge in [0.1, 0.15) is 5.75 Å². The minimum absolute atomic E-state index is 0.0942. The Bertz CT molecular complexity index is 952. The van der Waals surface area contributed by atoms with Crippen molar-refractivity contribution in [3.8, 4) is 5.75 Å². The molecule has 5 nitrogen and oxygen atoms in total. The zero-order valence-electron chi connectivity index (χ0n) is 14.7. The molecule has 3 rings (SSSR count). The zero-order valence-corrected chi connectivity index (χ0v) is 17.0. The molecule has 0 radical (unpaired) electrons. The van der Waals surface area contributed by atoms with Crippen LogP contribution in [0, 0.1) is 0 Å². The number of hydrogen-bond acceptors (Lipinski definition) is 4. The number of carbonyl (C=O) groups is 1. The van der Waals surface area contributed by atoms with Crippen LogP contribution in [0.5, 0.6) is 5.75 Å². The quantitative estimate of drug-likeness (QED) is 0.748. The lowest BCUT2D eigenvalue weighted by Crippen LogP contribution is -2.47. The molecule has 1 N–H and O–H groups in total. The monoisotopic (exact) mass is 427 g/mol. The number of hydrogen-bond donors (Lipinski definition) is 1. The summed E-state index contributed by atoms with van der Waals surface area (Å²) < 4.78 is 30.2. The predicted molar refractivity (Wildman–Crippen MR) is 106 cm³/mol. The highest BCUT2D eigenvalue weighted by Gasteiger charge is 2.52. The first-order chi connectivity index (χ1) is 12.8. The van der Waals surface area contributed by atoms with Gasteiger partial charge in [-0.1, -0.05) is 36.0 Å². The molecule has 0 aromatic heterocycles. The second kappa shape index (κ2) is 7.70. The van der Waals surface area contributed by atoms with Crippen LogP contribution in [0.1, 0.15) is 25.7 Å². The van der Waals surface area contributed by atoms with E-state index in [0.717, 1.165) is 0 Å². The Morgan fingerprint density at radius 3 is 2.26 bits per heavy atom. The normalized spacial score (nSPS) is 16.1. The van der Waals surface area contributed by atoms with E-state index < -0.39 is 20.5 Å². The second-order valence-corrected chi connectivity index (χ2v) is 9.57. The molecule has 0 aliphatic heterocycles. The van der Waals surface area contributed by atoms with Gasteiger partial charge in [-0.2, -0.15) is 0 Å². The van der Waals surface area contributed by atoms with E-state index in [1.54, 1.807) is 12.1 Å². The van der Waals surface area contributed by atoms with E-state index in [-0.39, 0.29) is 17.7 Å². The van der Waals surface area contributed by atoms with Crippen LogP contribution >= 0.6 is 23.2 Å². The molecule has 144 valence electrons. The Morgan fingerprint density at radius 1 is 1.07 bits per heavy atom. The van der Waals surface area contributed by atoms with E-state index in [1.165, 1.54) is 37.4 Å². The van der Waals surface area contributed by atoms with Gasteiger partial charge in [0.25, 0.3) is 0 Å². The molecule has 8 heteroatoms. The van der Waals surface area contributed by atoms with Gasteiger partial charge in [0, 0.05) is 10.7 Å². The molecule has 0 bridgehead atoms. The molecule has 1 saturated carbocycles. The first-order valence-electron chi connectivity index (χ1n) is 8.45. The summed E-state index contributed by atoms with van der Waals surface area (Å²) in [5, 5.41) is 3.49. The summed E-state index contributed by atoms with van der Waals surface area (Å²) in [6.45, 7) is 0. The van der Waals surface area contributed by atoms with Gasteiger partial charge in [-0.05, 0) is 55.3 Å². The van der Waals surface area contributed by atoms with Crippen molar-refractivity contribution in [2.24, 2.45) is 0 Å². The lowest BCUT2D eigenvalue weighted by atomic mass is 10.1. The molecule has 1 aliphatic carbocycles. The summed E-state index contributed by atoms with van der Waals surface area (Å²) in [4.78, 5) is 13.2. The van der Waals surface area contributed by atoms with Crippen molar-refractivity contribution in [2.75, 3.05) is 12.4 Å². The second-order valence-electron chi connectivity index (χ2n) is 6.46. The molecule has 1 fully saturated rings. The van der Waals surface area contributed by atoms with Crippen molar-refractivity contribution in [2.45, 2.75) is 35.3 Å². The van der Waals surface area contributed by atoms with Gasteiger partial charge >= 0.3 is 0 Å². The maximum absolute atomic E-state index is 13.3. The Labute approximate surface area is 168 Å². The number of nitrogens with one attached hydrogen (secondary N) is 1. The molecule has 0 atom stereocenters. The van der Waals surface area contributed by atoms with Crippen molar-refractivity contribution in [1.82, 2.24) is 0 Å². The van der Waals surface area contributed by atoms with Crippen LogP contribution in [0.3, 0.4) is 0 Å². The average Bonchev–Trinajstić information content (AvgIpc) is 3.14. The third kappa shape index (κ3) is 3.66. The number of rotatable bonds is 5. The number of carbonyl (C=O) groups excluding carboxylic acids is 1. The summed E-state index contributed by atoms with van der Waals surface area (Å²) in [7, 11) is -2.40. The molecular formula is C19H19Cl2NO4S. The highest BCUT2D eigenvalue weighted by molar-refractivity contribution is 7.93. The topological polar surface area (TPSA) is 72.5 Å². The summed E-state index contributed by atoms with van der Waals surface area (Å²) in [5.74, 6) is -0.0739. The smallest absolute Gasteiger partial charge is 0.246 e. The molecular weight excluding hydrogens is 409 g/mol. The number of ether oxygens (including phenoxy) is 1. The fraction of sp³-hybridized carbons (Fsp3) is 0.316. The van der Waals surface area contributed by atoms with Crippen LogP contribution < -0.4 is 10.1 Å². The minimum Gasteiger partial charge on any atom is -0.495 e. The van der Waals surface area contributed by atoms with E-state index in [0.29, 0.717) is 34.3 Å². The summed E-state index contributed by atoms with van der Waals surface area (Å²) in [6.07, 6.45) is 1.88. The fourth-order valence-electron chi connectivity index (χ4n) is 3.39. The Balaban J connectivity index is 1.95. The number of amides is 1. The van der Waals surface area contributed by atoms with Gasteiger partial charge in [0.15, 0.2) is 14.6 Å². The first-order valence-corrected chi connectivity index (χ1v) is 10.7. The molecule has 0 heterocycles. The first kappa shape index (κ1) is 20.0. The van der Waals surface area contributed by atoms with E-state index in [9.17, 15) is 13.2 Å². The standard InChI is InChI=1S/C19H19Cl2NO4S/c1-26-17-9-6-14(12-16(17)21)22-18(23)19(10-2-3-11-19)27(24,25)15-7-4-13(20)5-8-15/h4-9,12H,2-3,10-11H2,1H3,(H,22,23). The van der Waals surface area contributed by atoms with E-state index in [2.05, 4.69) is 5.32 Å². The molecule has 0 spiro atoms. The van der Waals surface area contributed by atoms with Crippen LogP contribution in [0.4, 0.5) is 5.69 Å². The number of anilines is 1. The minimum atomic E-state index is -3.89. The maximum Gasteiger partial charge on any atom is 0.246 e. The third-order valence-corrected chi connectivity index (χ3v) is 7.94. The van der Waals surface area contributed by atoms with Gasteiger partial charge < -0.3 is 10.1 Å². The number of benzene rings is 2. The van der Waals surface area contributed by atoms with Gasteiger partial charge in [-0.15, -0.1) is 0 Å². The summed E-state index contributed by atoms with van der Waals surface area (Å²) in [6, 6.07) is 10.7. The van der Waals surface area contributed by atoms with Crippen LogP contribution in [0.2, 0.25) is 10.0 Å². The van der Waals surface area contributed by atoms with Crippen molar-refractivity contribution < 1.29 is 17.9 Å². The van der Waals surface area contributed by atoms with E-state index in [1.807, 2.05) is 0 Å². The molecule has 27 heavy (non-hydrogen) atoms. The Kier molecular flexibility index (Phi) is 5.70. The Morgan fingerprint density at radius 2 is 1.70 bits per heavy atom. The number of methoxy groups -OCH3 is 1. The zero-order chi connectivity index (χ0) is 19.7. The van der Waals surface area contributed by atoms with Crippen molar-refractivity contribution in [3.05, 3.63) is 52.5 Å². The van der Waals surface area contributed by atoms with Crippen LogP contribution in [0.15, 0.2) is 47.4 Å². The molecule has 0 saturated heterocycles. The largest absolute Gasteiger partial charge is 0.495 e. The van der Waals surface area contributed by atoms with Gasteiger partial charge in [-0.25, -0.2) is 8.42 Å². The lowest BCUT2D eigenvalue weighted by Gasteiger charge is -2.27. The Hall–Kier alpha value is -1.76.